The molecule has 0 aliphatic heterocycles. The van der Waals surface area contributed by atoms with Gasteiger partial charge in [0.25, 0.3) is 0 Å². The standard InChI is InChI=1S/C5H13N.N6O2S/c1-2-3-4-5-6;1-3-5-9(7,8)6-4-2/h2-6H2,1H3;. The van der Waals surface area contributed by atoms with E-state index in [9.17, 15) is 8.42 Å². The summed E-state index contributed by atoms with van der Waals surface area (Å²) in [5.74, 6) is 0. The van der Waals surface area contributed by atoms with Gasteiger partial charge in [0.2, 0.25) is 0 Å². The maximum Gasteiger partial charge on any atom is 0.321 e. The van der Waals surface area contributed by atoms with Gasteiger partial charge >= 0.3 is 10.2 Å². The van der Waals surface area contributed by atoms with Gasteiger partial charge in [0.1, 0.15) is 0 Å². The van der Waals surface area contributed by atoms with Gasteiger partial charge in [-0.25, -0.2) is 8.42 Å². The van der Waals surface area contributed by atoms with Crippen LogP contribution < -0.4 is 5.73 Å². The highest BCUT2D eigenvalue weighted by Gasteiger charge is 1.99. The Morgan fingerprint density at radius 2 is 1.67 bits per heavy atom. The molecule has 0 fully saturated rings. The molecule has 0 rings (SSSR count). The zero-order valence-electron chi connectivity index (χ0n) is 8.31. The third kappa shape index (κ3) is 15.3. The van der Waals surface area contributed by atoms with Gasteiger partial charge in [-0.1, -0.05) is 19.8 Å². The van der Waals surface area contributed by atoms with Crippen LogP contribution in [0.3, 0.4) is 0 Å². The Hall–Kier alpha value is -1.47. The second-order valence-electron chi connectivity index (χ2n) is 2.29. The van der Waals surface area contributed by atoms with E-state index in [0.29, 0.717) is 0 Å². The Bertz CT molecular complexity index is 310. The van der Waals surface area contributed by atoms with Crippen LogP contribution in [0, 0.1) is 0 Å². The molecule has 0 spiro atoms. The Morgan fingerprint density at radius 3 is 1.87 bits per heavy atom. The summed E-state index contributed by atoms with van der Waals surface area (Å²) in [4.78, 5) is 3.80. The number of azide groups is 1. The van der Waals surface area contributed by atoms with Crippen molar-refractivity contribution in [2.45, 2.75) is 26.2 Å². The van der Waals surface area contributed by atoms with Crippen molar-refractivity contribution in [1.82, 2.24) is 0 Å². The Morgan fingerprint density at radius 1 is 1.20 bits per heavy atom. The molecule has 0 aliphatic carbocycles. The summed E-state index contributed by atoms with van der Waals surface area (Å²) >= 11 is 0. The van der Waals surface area contributed by atoms with Crippen LogP contribution in [0.2, 0.25) is 0 Å². The fourth-order valence-electron chi connectivity index (χ4n) is 0.503. The van der Waals surface area contributed by atoms with E-state index in [1.165, 1.54) is 19.3 Å². The molecule has 0 aromatic carbocycles. The van der Waals surface area contributed by atoms with E-state index in [1.807, 2.05) is 9.82 Å². The van der Waals surface area contributed by atoms with Crippen LogP contribution in [0.25, 0.3) is 20.9 Å². The van der Waals surface area contributed by atoms with Gasteiger partial charge in [0, 0.05) is 18.9 Å². The first-order valence-electron chi connectivity index (χ1n) is 4.11. The first-order valence-corrected chi connectivity index (χ1v) is 5.51. The molecule has 0 atom stereocenters. The minimum Gasteiger partial charge on any atom is -0.330 e. The summed E-state index contributed by atoms with van der Waals surface area (Å²) in [6.07, 6.45) is 3.75. The molecule has 0 aliphatic rings. The van der Waals surface area contributed by atoms with Crippen molar-refractivity contribution < 1.29 is 8.42 Å². The minimum absolute atomic E-state index is 0.855. The van der Waals surface area contributed by atoms with Crippen molar-refractivity contribution in [2.75, 3.05) is 6.54 Å². The smallest absolute Gasteiger partial charge is 0.321 e. The lowest BCUT2D eigenvalue weighted by atomic mass is 10.3. The Kier molecular flexibility index (Phi) is 11.3. The molecule has 0 amide bonds. The zero-order valence-corrected chi connectivity index (χ0v) is 9.13. The molecule has 0 aromatic rings. The number of rotatable bonds is 5. The van der Waals surface area contributed by atoms with Crippen molar-refractivity contribution >= 4 is 10.2 Å². The van der Waals surface area contributed by atoms with Gasteiger partial charge in [0.15, 0.2) is 0 Å². The highest BCUT2D eigenvalue weighted by atomic mass is 32.2. The molecule has 0 saturated heterocycles. The van der Waals surface area contributed by atoms with Gasteiger partial charge in [0.05, 0.1) is 0 Å². The predicted octanol–water partition coefficient (Wildman–Crippen LogP) is 1.99. The van der Waals surface area contributed by atoms with Crippen LogP contribution in [-0.4, -0.2) is 15.0 Å². The largest absolute Gasteiger partial charge is 0.330 e. The van der Waals surface area contributed by atoms with Gasteiger partial charge in [-0.2, -0.15) is 0 Å². The van der Waals surface area contributed by atoms with Crippen molar-refractivity contribution in [3.63, 3.8) is 0 Å². The van der Waals surface area contributed by atoms with Crippen molar-refractivity contribution in [3.05, 3.63) is 20.9 Å². The molecule has 86 valence electrons. The number of unbranched alkanes of at least 4 members (excludes halogenated alkanes) is 2. The summed E-state index contributed by atoms with van der Waals surface area (Å²) in [5, 5.41) is 0. The van der Waals surface area contributed by atoms with Crippen molar-refractivity contribution in [3.8, 4) is 0 Å². The lowest BCUT2D eigenvalue weighted by Crippen LogP contribution is -1.96. The van der Waals surface area contributed by atoms with Crippen molar-refractivity contribution in [1.29, 1.82) is 0 Å². The van der Waals surface area contributed by atoms with Crippen LogP contribution in [0.5, 0.6) is 0 Å². The van der Waals surface area contributed by atoms with Crippen LogP contribution in [0.1, 0.15) is 26.2 Å². The van der Waals surface area contributed by atoms with Crippen molar-refractivity contribution in [2.24, 2.45) is 14.8 Å². The fraction of sp³-hybridized carbons (Fsp3) is 1.00. The van der Waals surface area contributed by atoms with E-state index in [1.54, 1.807) is 0 Å². The van der Waals surface area contributed by atoms with Gasteiger partial charge < -0.3 is 5.73 Å². The molecular weight excluding hydrogens is 222 g/mol. The number of hydrogen-bond donors (Lipinski definition) is 1. The Labute approximate surface area is 87.7 Å². The third-order valence-electron chi connectivity index (χ3n) is 1.09. The number of nitrogens with two attached hydrogens (primary N) is 1. The molecule has 0 heterocycles. The molecule has 0 unspecified atom stereocenters. The maximum absolute atomic E-state index is 9.99. The number of hydrogen-bond acceptors (Lipinski definition) is 3. The highest BCUT2D eigenvalue weighted by molar-refractivity contribution is 7.88. The molecular formula is C5H13N7O2S. The first kappa shape index (κ1) is 16.0. The van der Waals surface area contributed by atoms with Crippen LogP contribution >= 0.6 is 0 Å². The normalized spacial score (nSPS) is 8.93. The minimum atomic E-state index is -4.27. The van der Waals surface area contributed by atoms with Crippen LogP contribution in [-0.2, 0) is 10.2 Å². The molecule has 0 aromatic heterocycles. The predicted molar refractivity (Wildman–Crippen MR) is 55.8 cm³/mol. The first-order chi connectivity index (χ1) is 7.04. The monoisotopic (exact) mass is 235 g/mol. The SMILES string of the molecule is CCCCCN.[N-]=[N+]=NS(=O)(=O)N=[N+]=[N-]. The zero-order chi connectivity index (χ0) is 12.2. The second kappa shape index (κ2) is 10.6. The van der Waals surface area contributed by atoms with Gasteiger partial charge in [-0.15, -0.1) is 0 Å². The summed E-state index contributed by atoms with van der Waals surface area (Å²) in [6, 6.07) is 0. The lowest BCUT2D eigenvalue weighted by molar-refractivity contribution is 0.599. The van der Waals surface area contributed by atoms with E-state index in [2.05, 4.69) is 16.0 Å². The maximum atomic E-state index is 9.99. The molecule has 2 N–H and O–H groups in total. The molecule has 0 bridgehead atoms. The van der Waals surface area contributed by atoms with E-state index < -0.39 is 10.2 Å². The van der Waals surface area contributed by atoms with Crippen LogP contribution in [0.15, 0.2) is 9.04 Å². The number of nitrogens with zero attached hydrogens (tertiary/aromatic N) is 6. The van der Waals surface area contributed by atoms with Gasteiger partial charge in [-0.3, -0.25) is 0 Å². The molecule has 0 saturated carbocycles. The van der Waals surface area contributed by atoms with E-state index in [0.717, 1.165) is 6.54 Å². The Balaban J connectivity index is 0. The lowest BCUT2D eigenvalue weighted by Gasteiger charge is -1.86. The second-order valence-corrected chi connectivity index (χ2v) is 3.51. The summed E-state index contributed by atoms with van der Waals surface area (Å²) in [7, 11) is -4.27. The topological polar surface area (TPSA) is 158 Å². The van der Waals surface area contributed by atoms with E-state index in [-0.39, 0.29) is 0 Å². The summed E-state index contributed by atoms with van der Waals surface area (Å²) < 4.78 is 24.3. The average Bonchev–Trinajstić information content (AvgIpc) is 2.15. The average molecular weight is 235 g/mol. The van der Waals surface area contributed by atoms with Gasteiger partial charge in [-0.05, 0) is 24.0 Å². The fourth-order valence-corrected chi connectivity index (χ4v) is 0.720. The molecule has 10 heteroatoms. The quantitative estimate of drug-likeness (QED) is 0.334. The van der Waals surface area contributed by atoms with Crippen LogP contribution in [0.4, 0.5) is 0 Å². The molecule has 15 heavy (non-hydrogen) atoms. The molecule has 0 radical (unpaired) electrons. The third-order valence-corrected chi connectivity index (χ3v) is 1.65. The summed E-state index contributed by atoms with van der Waals surface area (Å²) in [5.41, 5.74) is 20.3. The molecule has 9 nitrogen and oxygen atoms in total. The highest BCUT2D eigenvalue weighted by Crippen LogP contribution is 1.92. The summed E-state index contributed by atoms with van der Waals surface area (Å²) in [6.45, 7) is 3.03. The van der Waals surface area contributed by atoms with E-state index >= 15 is 0 Å². The van der Waals surface area contributed by atoms with E-state index in [4.69, 9.17) is 16.8 Å².